The van der Waals surface area contributed by atoms with Crippen molar-refractivity contribution in [3.8, 4) is 5.75 Å². The monoisotopic (exact) mass is 316 g/mol. The molecule has 1 aliphatic rings. The number of hydrogen-bond donors (Lipinski definition) is 0. The van der Waals surface area contributed by atoms with Crippen LogP contribution in [0.25, 0.3) is 0 Å². The molecular formula is C17H21N2O2P. The quantitative estimate of drug-likeness (QED) is 0.799. The topological polar surface area (TPSA) is 42.4 Å². The lowest BCUT2D eigenvalue weighted by atomic mass is 10.1. The lowest BCUT2D eigenvalue weighted by Gasteiger charge is -2.22. The second kappa shape index (κ2) is 5.77. The van der Waals surface area contributed by atoms with Crippen LogP contribution in [0, 0.1) is 6.92 Å². The van der Waals surface area contributed by atoms with Crippen LogP contribution < -0.4 is 14.9 Å². The van der Waals surface area contributed by atoms with E-state index in [-0.39, 0.29) is 0 Å². The molecule has 0 aliphatic carbocycles. The second-order valence-electron chi connectivity index (χ2n) is 6.10. The minimum atomic E-state index is -2.28. The van der Waals surface area contributed by atoms with Crippen LogP contribution in [0.15, 0.2) is 36.5 Å². The molecule has 4 nitrogen and oxygen atoms in total. The van der Waals surface area contributed by atoms with Crippen LogP contribution >= 0.6 is 7.14 Å². The van der Waals surface area contributed by atoms with Crippen molar-refractivity contribution in [3.05, 3.63) is 47.7 Å². The number of hydrogen-bond acceptors (Lipinski definition) is 4. The number of ether oxygens (including phenoxy) is 1. The van der Waals surface area contributed by atoms with E-state index < -0.39 is 7.14 Å². The van der Waals surface area contributed by atoms with Gasteiger partial charge in [0.25, 0.3) is 0 Å². The normalized spacial score (nSPS) is 15.0. The molecule has 22 heavy (non-hydrogen) atoms. The molecule has 0 atom stereocenters. The van der Waals surface area contributed by atoms with Gasteiger partial charge in [0.2, 0.25) is 0 Å². The number of aryl methyl sites for hydroxylation is 1. The largest absolute Gasteiger partial charge is 0.491 e. The third-order valence-corrected chi connectivity index (χ3v) is 5.39. The zero-order valence-electron chi connectivity index (χ0n) is 13.2. The van der Waals surface area contributed by atoms with Crippen LogP contribution in [0.5, 0.6) is 5.75 Å². The highest BCUT2D eigenvalue weighted by Crippen LogP contribution is 2.35. The molecule has 0 saturated heterocycles. The molecule has 5 heteroatoms. The third-order valence-electron chi connectivity index (χ3n) is 3.87. The molecule has 0 radical (unpaired) electrons. The maximum Gasteiger partial charge on any atom is 0.129 e. The molecule has 2 heterocycles. The highest BCUT2D eigenvalue weighted by atomic mass is 31.2. The minimum Gasteiger partial charge on any atom is -0.491 e. The fourth-order valence-corrected chi connectivity index (χ4v) is 3.49. The smallest absolute Gasteiger partial charge is 0.129 e. The second-order valence-corrected chi connectivity index (χ2v) is 9.32. The van der Waals surface area contributed by atoms with Crippen LogP contribution in [0.3, 0.4) is 0 Å². The molecule has 3 rings (SSSR count). The summed E-state index contributed by atoms with van der Waals surface area (Å²) in [5, 5.41) is 0.868. The van der Waals surface area contributed by atoms with Crippen molar-refractivity contribution in [1.82, 2.24) is 4.98 Å². The Labute approximate surface area is 131 Å². The van der Waals surface area contributed by atoms with Crippen LogP contribution in [0.1, 0.15) is 11.1 Å². The van der Waals surface area contributed by atoms with Gasteiger partial charge in [0.05, 0.1) is 6.54 Å². The summed E-state index contributed by atoms with van der Waals surface area (Å²) in [5.41, 5.74) is 2.39. The van der Waals surface area contributed by atoms with Gasteiger partial charge in [0.15, 0.2) is 0 Å². The van der Waals surface area contributed by atoms with E-state index in [1.165, 1.54) is 11.1 Å². The summed E-state index contributed by atoms with van der Waals surface area (Å²) >= 11 is 0. The summed E-state index contributed by atoms with van der Waals surface area (Å²) in [5.74, 6) is 1.81. The Kier molecular flexibility index (Phi) is 3.96. The molecule has 0 saturated carbocycles. The number of aromatic nitrogens is 1. The van der Waals surface area contributed by atoms with E-state index in [0.29, 0.717) is 6.61 Å². The molecular weight excluding hydrogens is 295 g/mol. The van der Waals surface area contributed by atoms with Crippen molar-refractivity contribution in [2.45, 2.75) is 13.5 Å². The third kappa shape index (κ3) is 3.17. The van der Waals surface area contributed by atoms with Crippen molar-refractivity contribution in [2.75, 3.05) is 31.4 Å². The summed E-state index contributed by atoms with van der Waals surface area (Å²) in [6, 6.07) is 10.0. The maximum absolute atomic E-state index is 12.3. The van der Waals surface area contributed by atoms with E-state index in [9.17, 15) is 4.57 Å². The van der Waals surface area contributed by atoms with Crippen molar-refractivity contribution in [2.24, 2.45) is 0 Å². The van der Waals surface area contributed by atoms with Gasteiger partial charge in [-0.25, -0.2) is 4.98 Å². The molecule has 0 bridgehead atoms. The molecule has 1 aromatic carbocycles. The van der Waals surface area contributed by atoms with E-state index in [4.69, 9.17) is 4.74 Å². The van der Waals surface area contributed by atoms with Gasteiger partial charge >= 0.3 is 0 Å². The first-order valence-corrected chi connectivity index (χ1v) is 10.0. The molecule has 1 aliphatic heterocycles. The summed E-state index contributed by atoms with van der Waals surface area (Å²) in [7, 11) is -2.28. The van der Waals surface area contributed by atoms with Gasteiger partial charge in [-0.1, -0.05) is 17.7 Å². The van der Waals surface area contributed by atoms with Crippen molar-refractivity contribution in [1.29, 1.82) is 0 Å². The van der Waals surface area contributed by atoms with Gasteiger partial charge in [-0.15, -0.1) is 0 Å². The van der Waals surface area contributed by atoms with Crippen LogP contribution in [-0.4, -0.2) is 31.5 Å². The molecule has 0 amide bonds. The number of benzene rings is 1. The molecule has 2 aromatic rings. The zero-order valence-corrected chi connectivity index (χ0v) is 14.1. The van der Waals surface area contributed by atoms with Crippen LogP contribution in [-0.2, 0) is 11.1 Å². The summed E-state index contributed by atoms with van der Waals surface area (Å²) < 4.78 is 18.1. The average molecular weight is 316 g/mol. The SMILES string of the molecule is Cc1ccc2c(c1)CN(c1cc(P(C)(C)=O)ccn1)CCO2. The first-order chi connectivity index (χ1) is 10.4. The van der Waals surface area contributed by atoms with Crippen LogP contribution in [0.4, 0.5) is 5.82 Å². The number of anilines is 1. The highest BCUT2D eigenvalue weighted by Gasteiger charge is 2.19. The lowest BCUT2D eigenvalue weighted by molar-refractivity contribution is 0.331. The predicted molar refractivity (Wildman–Crippen MR) is 91.0 cm³/mol. The standard InChI is InChI=1S/C17H21N2O2P/c1-13-4-5-16-14(10-13)12-19(8-9-21-16)17-11-15(6-7-18-17)22(2,3)20/h4-7,10-11H,8-9,12H2,1-3H3. The fraction of sp³-hybridized carbons (Fsp3) is 0.353. The Balaban J connectivity index is 1.94. The Morgan fingerprint density at radius 1 is 1.23 bits per heavy atom. The number of nitrogens with zero attached hydrogens (tertiary/aromatic N) is 2. The van der Waals surface area contributed by atoms with Gasteiger partial charge in [-0.05, 0) is 38.5 Å². The first kappa shape index (κ1) is 15.1. The van der Waals surface area contributed by atoms with Crippen molar-refractivity contribution in [3.63, 3.8) is 0 Å². The van der Waals surface area contributed by atoms with E-state index in [0.717, 1.165) is 30.0 Å². The molecule has 1 aromatic heterocycles. The predicted octanol–water partition coefficient (Wildman–Crippen LogP) is 3.04. The van der Waals surface area contributed by atoms with E-state index in [1.54, 1.807) is 19.5 Å². The summed E-state index contributed by atoms with van der Waals surface area (Å²) in [6.45, 7) is 7.80. The van der Waals surface area contributed by atoms with E-state index in [2.05, 4.69) is 28.9 Å². The molecule has 116 valence electrons. The van der Waals surface area contributed by atoms with Gasteiger partial charge in [-0.2, -0.15) is 0 Å². The highest BCUT2D eigenvalue weighted by molar-refractivity contribution is 7.70. The van der Waals surface area contributed by atoms with Gasteiger partial charge < -0.3 is 14.2 Å². The van der Waals surface area contributed by atoms with Gasteiger partial charge in [-0.3, -0.25) is 0 Å². The lowest BCUT2D eigenvalue weighted by Crippen LogP contribution is -2.27. The Hall–Kier alpha value is -1.80. The van der Waals surface area contributed by atoms with Crippen LogP contribution in [0.2, 0.25) is 0 Å². The molecule has 0 N–H and O–H groups in total. The number of fused-ring (bicyclic) bond motifs is 1. The Morgan fingerprint density at radius 2 is 2.05 bits per heavy atom. The molecule has 0 unspecified atom stereocenters. The van der Waals surface area contributed by atoms with E-state index in [1.807, 2.05) is 18.2 Å². The van der Waals surface area contributed by atoms with E-state index >= 15 is 0 Å². The minimum absolute atomic E-state index is 0.623. The number of rotatable bonds is 2. The zero-order chi connectivity index (χ0) is 15.7. The molecule has 0 spiro atoms. The number of pyridine rings is 1. The Bertz CT molecular complexity index is 739. The molecule has 0 fully saturated rings. The average Bonchev–Trinajstić information content (AvgIpc) is 2.68. The summed E-state index contributed by atoms with van der Waals surface area (Å²) in [4.78, 5) is 6.65. The van der Waals surface area contributed by atoms with Crippen molar-refractivity contribution >= 4 is 18.3 Å². The van der Waals surface area contributed by atoms with Gasteiger partial charge in [0, 0.05) is 23.6 Å². The summed E-state index contributed by atoms with van der Waals surface area (Å²) in [6.07, 6.45) is 1.74. The Morgan fingerprint density at radius 3 is 2.82 bits per heavy atom. The maximum atomic E-state index is 12.3. The first-order valence-electron chi connectivity index (χ1n) is 7.42. The van der Waals surface area contributed by atoms with Gasteiger partial charge in [0.1, 0.15) is 25.3 Å². The van der Waals surface area contributed by atoms with Crippen molar-refractivity contribution < 1.29 is 9.30 Å². The fourth-order valence-electron chi connectivity index (χ4n) is 2.63.